The lowest BCUT2D eigenvalue weighted by molar-refractivity contribution is -0.137. The number of hydrogen-bond acceptors (Lipinski definition) is 7. The number of nitrogens with one attached hydrogen (secondary N) is 1. The van der Waals surface area contributed by atoms with Gasteiger partial charge in [0.25, 0.3) is 5.56 Å². The summed E-state index contributed by atoms with van der Waals surface area (Å²) in [6.45, 7) is 5.35. The lowest BCUT2D eigenvalue weighted by atomic mass is 10.1. The van der Waals surface area contributed by atoms with Crippen molar-refractivity contribution in [2.24, 2.45) is 0 Å². The molecular formula is C22H23F3N4O3S. The third-order valence-corrected chi connectivity index (χ3v) is 6.88. The van der Waals surface area contributed by atoms with Crippen molar-refractivity contribution >= 4 is 27.5 Å². The summed E-state index contributed by atoms with van der Waals surface area (Å²) < 4.78 is 43.6. The van der Waals surface area contributed by atoms with E-state index in [4.69, 9.17) is 4.74 Å². The Kier molecular flexibility index (Phi) is 6.55. The summed E-state index contributed by atoms with van der Waals surface area (Å²) in [5.74, 6) is 0.0184. The van der Waals surface area contributed by atoms with E-state index in [1.54, 1.807) is 13.0 Å². The van der Waals surface area contributed by atoms with Crippen LogP contribution in [0.15, 0.2) is 29.1 Å². The molecule has 3 aromatic rings. The van der Waals surface area contributed by atoms with Crippen molar-refractivity contribution < 1.29 is 22.7 Å². The van der Waals surface area contributed by atoms with Crippen LogP contribution in [0, 0.1) is 6.92 Å². The number of thiophene rings is 1. The topological polar surface area (TPSA) is 78.5 Å². The summed E-state index contributed by atoms with van der Waals surface area (Å²) in [7, 11) is 1.29. The zero-order valence-corrected chi connectivity index (χ0v) is 19.0. The fraction of sp³-hybridized carbons (Fsp3) is 0.409. The van der Waals surface area contributed by atoms with Crippen LogP contribution in [-0.4, -0.2) is 59.0 Å². The SMILES string of the molecule is COC(=O)c1sc2nc(CN3CCN(Cc4cccc(C(F)(F)F)c4)CC3)[nH]c(=O)c2c1C. The smallest absolute Gasteiger partial charge is 0.416 e. The first-order valence-corrected chi connectivity index (χ1v) is 11.2. The van der Waals surface area contributed by atoms with Crippen LogP contribution in [0.3, 0.4) is 0 Å². The van der Waals surface area contributed by atoms with Crippen LogP contribution < -0.4 is 5.56 Å². The molecule has 176 valence electrons. The van der Waals surface area contributed by atoms with Gasteiger partial charge in [0.15, 0.2) is 0 Å². The van der Waals surface area contributed by atoms with Crippen molar-refractivity contribution in [3.8, 4) is 0 Å². The second-order valence-electron chi connectivity index (χ2n) is 7.99. The zero-order chi connectivity index (χ0) is 23.8. The fourth-order valence-electron chi connectivity index (χ4n) is 3.97. The summed E-state index contributed by atoms with van der Waals surface area (Å²) in [5, 5.41) is 0.398. The lowest BCUT2D eigenvalue weighted by Gasteiger charge is -2.34. The number of alkyl halides is 3. The molecule has 1 saturated heterocycles. The molecule has 0 saturated carbocycles. The normalized spacial score (nSPS) is 15.8. The highest BCUT2D eigenvalue weighted by molar-refractivity contribution is 7.20. The van der Waals surface area contributed by atoms with E-state index in [9.17, 15) is 22.8 Å². The number of carbonyl (C=O) groups is 1. The minimum absolute atomic E-state index is 0.290. The van der Waals surface area contributed by atoms with E-state index in [-0.39, 0.29) is 5.56 Å². The molecule has 0 atom stereocenters. The van der Waals surface area contributed by atoms with Gasteiger partial charge >= 0.3 is 12.1 Å². The number of fused-ring (bicyclic) bond motifs is 1. The second-order valence-corrected chi connectivity index (χ2v) is 8.99. The van der Waals surface area contributed by atoms with E-state index in [0.29, 0.717) is 71.3 Å². The Morgan fingerprint density at radius 3 is 2.48 bits per heavy atom. The highest BCUT2D eigenvalue weighted by Gasteiger charge is 2.30. The maximum atomic E-state index is 12.9. The van der Waals surface area contributed by atoms with Crippen LogP contribution in [0.5, 0.6) is 0 Å². The van der Waals surface area contributed by atoms with Gasteiger partial charge in [0.05, 0.1) is 24.6 Å². The first kappa shape index (κ1) is 23.4. The number of halogens is 3. The van der Waals surface area contributed by atoms with Gasteiger partial charge in [-0.3, -0.25) is 14.6 Å². The number of aromatic nitrogens is 2. The predicted molar refractivity (Wildman–Crippen MR) is 118 cm³/mol. The Labute approximate surface area is 191 Å². The van der Waals surface area contributed by atoms with Gasteiger partial charge in [-0.25, -0.2) is 9.78 Å². The van der Waals surface area contributed by atoms with Crippen LogP contribution in [0.25, 0.3) is 10.2 Å². The van der Waals surface area contributed by atoms with Crippen molar-refractivity contribution in [1.29, 1.82) is 0 Å². The number of nitrogens with zero attached hydrogens (tertiary/aromatic N) is 3. The monoisotopic (exact) mass is 480 g/mol. The van der Waals surface area contributed by atoms with Crippen LogP contribution in [0.1, 0.15) is 32.2 Å². The van der Waals surface area contributed by atoms with Gasteiger partial charge in [-0.1, -0.05) is 18.2 Å². The average molecular weight is 481 g/mol. The third-order valence-electron chi connectivity index (χ3n) is 5.72. The molecule has 1 aromatic carbocycles. The predicted octanol–water partition coefficient (Wildman–Crippen LogP) is 3.42. The Balaban J connectivity index is 1.40. The molecule has 1 N–H and O–H groups in total. The highest BCUT2D eigenvalue weighted by Crippen LogP contribution is 2.30. The van der Waals surface area contributed by atoms with Crippen LogP contribution in [0.4, 0.5) is 13.2 Å². The number of methoxy groups -OCH3 is 1. The van der Waals surface area contributed by atoms with Crippen LogP contribution in [0.2, 0.25) is 0 Å². The molecule has 0 spiro atoms. The summed E-state index contributed by atoms with van der Waals surface area (Å²) in [5.41, 5.74) is 0.264. The minimum Gasteiger partial charge on any atom is -0.465 e. The highest BCUT2D eigenvalue weighted by atomic mass is 32.1. The van der Waals surface area contributed by atoms with Gasteiger partial charge in [-0.15, -0.1) is 11.3 Å². The average Bonchev–Trinajstić information content (AvgIpc) is 3.11. The van der Waals surface area contributed by atoms with Crippen molar-refractivity contribution in [1.82, 2.24) is 19.8 Å². The van der Waals surface area contributed by atoms with Crippen molar-refractivity contribution in [2.75, 3.05) is 33.3 Å². The third kappa shape index (κ3) is 5.10. The molecule has 0 radical (unpaired) electrons. The van der Waals surface area contributed by atoms with Gasteiger partial charge in [0.2, 0.25) is 0 Å². The molecule has 3 heterocycles. The molecule has 0 amide bonds. The molecule has 0 aliphatic carbocycles. The van der Waals surface area contributed by atoms with E-state index in [1.165, 1.54) is 19.2 Å². The molecule has 1 fully saturated rings. The standard InChI is InChI=1S/C22H23F3N4O3S/c1-13-17-19(30)26-16(27-20(17)33-18(13)21(31)32-2)12-29-8-6-28(7-9-29)11-14-4-3-5-15(10-14)22(23,24)25/h3-5,10H,6-9,11-12H2,1-2H3,(H,26,27,30). The number of hydrogen-bond donors (Lipinski definition) is 1. The van der Waals surface area contributed by atoms with Gasteiger partial charge in [-0.2, -0.15) is 13.2 Å². The van der Waals surface area contributed by atoms with Crippen molar-refractivity contribution in [2.45, 2.75) is 26.2 Å². The molecular weight excluding hydrogens is 457 g/mol. The Morgan fingerprint density at radius 2 is 1.85 bits per heavy atom. The second kappa shape index (κ2) is 9.24. The summed E-state index contributed by atoms with van der Waals surface area (Å²) in [6, 6.07) is 5.42. The molecule has 33 heavy (non-hydrogen) atoms. The summed E-state index contributed by atoms with van der Waals surface area (Å²) in [4.78, 5) is 37.0. The number of H-pyrrole nitrogens is 1. The molecule has 4 rings (SSSR count). The van der Waals surface area contributed by atoms with Gasteiger partial charge < -0.3 is 9.72 Å². The van der Waals surface area contributed by atoms with Crippen LogP contribution in [-0.2, 0) is 24.0 Å². The number of carbonyl (C=O) groups excluding carboxylic acids is 1. The van der Waals surface area contributed by atoms with E-state index >= 15 is 0 Å². The lowest BCUT2D eigenvalue weighted by Crippen LogP contribution is -2.45. The summed E-state index contributed by atoms with van der Waals surface area (Å²) in [6.07, 6.45) is -4.35. The van der Waals surface area contributed by atoms with Crippen molar-refractivity contribution in [3.05, 3.63) is 62.0 Å². The number of piperazine rings is 1. The van der Waals surface area contributed by atoms with E-state index in [2.05, 4.69) is 19.8 Å². The largest absolute Gasteiger partial charge is 0.465 e. The van der Waals surface area contributed by atoms with Gasteiger partial charge in [0, 0.05) is 32.7 Å². The Hall–Kier alpha value is -2.76. The molecule has 1 aliphatic heterocycles. The molecule has 0 unspecified atom stereocenters. The number of esters is 1. The minimum atomic E-state index is -4.35. The Bertz CT molecular complexity index is 1230. The Morgan fingerprint density at radius 1 is 1.18 bits per heavy atom. The van der Waals surface area contributed by atoms with Gasteiger partial charge in [0.1, 0.15) is 15.5 Å². The quantitative estimate of drug-likeness (QED) is 0.564. The maximum absolute atomic E-state index is 12.9. The van der Waals surface area contributed by atoms with Gasteiger partial charge in [-0.05, 0) is 24.1 Å². The number of aryl methyl sites for hydroxylation is 1. The maximum Gasteiger partial charge on any atom is 0.416 e. The first-order valence-electron chi connectivity index (χ1n) is 10.4. The fourth-order valence-corrected chi connectivity index (χ4v) is 5.09. The molecule has 11 heteroatoms. The van der Waals surface area contributed by atoms with E-state index < -0.39 is 17.7 Å². The molecule has 2 aromatic heterocycles. The zero-order valence-electron chi connectivity index (χ0n) is 18.2. The van der Waals surface area contributed by atoms with E-state index in [1.807, 2.05) is 0 Å². The van der Waals surface area contributed by atoms with Crippen molar-refractivity contribution in [3.63, 3.8) is 0 Å². The number of benzene rings is 1. The molecule has 1 aliphatic rings. The molecule has 7 nitrogen and oxygen atoms in total. The number of aromatic amines is 1. The van der Waals surface area contributed by atoms with E-state index in [0.717, 1.165) is 17.4 Å². The number of ether oxygens (including phenoxy) is 1. The molecule has 0 bridgehead atoms. The first-order chi connectivity index (χ1) is 15.7. The number of rotatable bonds is 5. The summed E-state index contributed by atoms with van der Waals surface area (Å²) >= 11 is 1.14. The van der Waals surface area contributed by atoms with Crippen LogP contribution >= 0.6 is 11.3 Å².